The standard InChI is InChI=1S/C51H79O15P/c1-3-5-7-8-9-10-11-12-13-14-15-16-17-18-19-20-21-22-28-32-45(55)65-41-37-63-44(54)31-27-24-23-26-29-39-33-36-43(53)42(35-34-40(52)30-25-6-4-2)47(57)49(59)51(50(60)48(58)46(39)56)66-67(61,62)64-38-41/h9-10,12-13,15-16,18-19,21-23,26,33-36,39-42,46-52,56-60H,3-8,11,14,17,20,24-25,27-32,37-38H2,1-2H3,(H,61,62)/b10-9-,13-12-,16-15-,19-18-,22-21-,26-23-,35-34+,36-33-/t39-,40-,41+,42-,46+,47+,48-,49+,50+,51+/m0/s1. The molecule has 67 heavy (non-hydrogen) atoms. The maximum Gasteiger partial charge on any atom is 0.472 e. The van der Waals surface area contributed by atoms with Crippen molar-refractivity contribution in [3.63, 3.8) is 0 Å². The number of cyclic esters (lactones) is 1. The van der Waals surface area contributed by atoms with Crippen LogP contribution >= 0.6 is 7.82 Å². The molecule has 0 aromatic rings. The molecule has 0 amide bonds. The SMILES string of the molecule is CCCCC/C=C\C/C=C\C/C=C\C/C=C\C/C=C\CCC(=O)O[C@@H]1COC(=O)CCC/C=C\C[C@H]2/C=C\C(=O)[C@H](/C=C/[C@@H](O)CCCCC)[C@@H](O)[C@@H](O)[C@@H](OP(=O)(O)OC1)[C@H](O)[C@@H](O)[C@@H]2O. The van der Waals surface area contributed by atoms with Crippen molar-refractivity contribution in [2.24, 2.45) is 11.8 Å². The first kappa shape index (κ1) is 59.5. The lowest BCUT2D eigenvalue weighted by Crippen LogP contribution is -2.55. The van der Waals surface area contributed by atoms with E-state index >= 15 is 0 Å². The smallest absolute Gasteiger partial charge is 0.462 e. The minimum atomic E-state index is -5.44. The molecule has 0 saturated carbocycles. The summed E-state index contributed by atoms with van der Waals surface area (Å²) < 4.78 is 34.6. The second-order valence-corrected chi connectivity index (χ2v) is 18.3. The number of phosphoric ester groups is 1. The Morgan fingerprint density at radius 2 is 1.37 bits per heavy atom. The molecule has 2 aliphatic rings. The Morgan fingerprint density at radius 3 is 2.01 bits per heavy atom. The third kappa shape index (κ3) is 26.1. The summed E-state index contributed by atoms with van der Waals surface area (Å²) in [4.78, 5) is 50.0. The van der Waals surface area contributed by atoms with Crippen molar-refractivity contribution in [1.29, 1.82) is 0 Å². The van der Waals surface area contributed by atoms with Crippen molar-refractivity contribution >= 4 is 25.5 Å². The predicted octanol–water partition coefficient (Wildman–Crippen LogP) is 7.45. The largest absolute Gasteiger partial charge is 0.472 e. The number of aliphatic hydroxyl groups is 6. The van der Waals surface area contributed by atoms with Crippen LogP contribution in [0.5, 0.6) is 0 Å². The molecule has 16 heteroatoms. The molecule has 11 atom stereocenters. The number of allylic oxidation sites excluding steroid dienone is 13. The molecule has 1 unspecified atom stereocenters. The summed E-state index contributed by atoms with van der Waals surface area (Å²) in [5.74, 6) is -4.79. The summed E-state index contributed by atoms with van der Waals surface area (Å²) in [7, 11) is -5.44. The van der Waals surface area contributed by atoms with E-state index < -0.39 is 99.4 Å². The van der Waals surface area contributed by atoms with Gasteiger partial charge in [0.05, 0.1) is 30.8 Å². The van der Waals surface area contributed by atoms with Gasteiger partial charge in [0.25, 0.3) is 0 Å². The van der Waals surface area contributed by atoms with Crippen molar-refractivity contribution in [2.45, 2.75) is 178 Å². The highest BCUT2D eigenvalue weighted by Crippen LogP contribution is 2.47. The molecule has 7 N–H and O–H groups in total. The average molecular weight is 963 g/mol. The third-order valence-corrected chi connectivity index (χ3v) is 12.1. The van der Waals surface area contributed by atoms with E-state index in [9.17, 15) is 54.5 Å². The van der Waals surface area contributed by atoms with Gasteiger partial charge >= 0.3 is 19.8 Å². The monoisotopic (exact) mass is 963 g/mol. The average Bonchev–Trinajstić information content (AvgIpc) is 3.30. The van der Waals surface area contributed by atoms with Crippen molar-refractivity contribution in [2.75, 3.05) is 13.2 Å². The Labute approximate surface area is 398 Å². The highest BCUT2D eigenvalue weighted by molar-refractivity contribution is 7.47. The Bertz CT molecular complexity index is 1700. The Hall–Kier alpha value is -3.60. The van der Waals surface area contributed by atoms with Gasteiger partial charge in [-0.15, -0.1) is 0 Å². The van der Waals surface area contributed by atoms with E-state index in [2.05, 4.69) is 43.4 Å². The molecule has 0 aromatic carbocycles. The number of hydrogen-bond donors (Lipinski definition) is 7. The van der Waals surface area contributed by atoms with Crippen molar-refractivity contribution < 1.29 is 73.0 Å². The number of esters is 2. The number of ether oxygens (including phenoxy) is 2. The molecule has 2 rings (SSSR count). The summed E-state index contributed by atoms with van der Waals surface area (Å²) in [6, 6.07) is 0. The van der Waals surface area contributed by atoms with E-state index in [4.69, 9.17) is 18.5 Å². The zero-order valence-corrected chi connectivity index (χ0v) is 40.4. The maximum atomic E-state index is 13.6. The number of carbonyl (C=O) groups excluding carboxylic acids is 3. The Morgan fingerprint density at radius 1 is 0.776 bits per heavy atom. The molecule has 2 bridgehead atoms. The fourth-order valence-corrected chi connectivity index (χ4v) is 8.09. The predicted molar refractivity (Wildman–Crippen MR) is 257 cm³/mol. The Balaban J connectivity index is 2.15. The fraction of sp³-hybridized carbons (Fsp3) is 0.627. The van der Waals surface area contributed by atoms with Gasteiger partial charge in [0.1, 0.15) is 31.0 Å². The Kier molecular flexibility index (Phi) is 31.5. The van der Waals surface area contributed by atoms with Gasteiger partial charge in [-0.1, -0.05) is 137 Å². The van der Waals surface area contributed by atoms with Crippen LogP contribution in [0, 0.1) is 11.8 Å². The minimum Gasteiger partial charge on any atom is -0.462 e. The molecular formula is C51H79O15P. The fourth-order valence-electron chi connectivity index (χ4n) is 7.12. The van der Waals surface area contributed by atoms with Crippen molar-refractivity contribution in [3.8, 4) is 0 Å². The molecule has 0 fully saturated rings. The number of rotatable bonds is 22. The van der Waals surface area contributed by atoms with Gasteiger partial charge in [-0.05, 0) is 76.7 Å². The number of phosphoric acid groups is 1. The lowest BCUT2D eigenvalue weighted by molar-refractivity contribution is -0.164. The molecule has 0 spiro atoms. The second kappa shape index (κ2) is 35.5. The van der Waals surface area contributed by atoms with Crippen LogP contribution in [-0.2, 0) is 37.5 Å². The summed E-state index contributed by atoms with van der Waals surface area (Å²) in [6.45, 7) is 2.76. The molecule has 0 radical (unpaired) electrons. The van der Waals surface area contributed by atoms with Crippen LogP contribution in [0.15, 0.2) is 97.2 Å². The molecule has 378 valence electrons. The van der Waals surface area contributed by atoms with Gasteiger partial charge in [-0.25, -0.2) is 4.57 Å². The van der Waals surface area contributed by atoms with Crippen molar-refractivity contribution in [3.05, 3.63) is 97.2 Å². The first-order valence-corrected chi connectivity index (χ1v) is 25.6. The molecular weight excluding hydrogens is 884 g/mol. The minimum absolute atomic E-state index is 0.0162. The van der Waals surface area contributed by atoms with Gasteiger partial charge in [0, 0.05) is 18.8 Å². The van der Waals surface area contributed by atoms with E-state index in [0.29, 0.717) is 38.5 Å². The molecule has 0 saturated heterocycles. The number of unbranched alkanes of at least 4 members (excludes halogenated alkanes) is 5. The zero-order chi connectivity index (χ0) is 49.3. The van der Waals surface area contributed by atoms with E-state index in [0.717, 1.165) is 44.6 Å². The van der Waals surface area contributed by atoms with Gasteiger partial charge in [0.15, 0.2) is 11.9 Å². The first-order valence-electron chi connectivity index (χ1n) is 24.1. The van der Waals surface area contributed by atoms with E-state index in [1.807, 2.05) is 25.2 Å². The van der Waals surface area contributed by atoms with Crippen LogP contribution in [0.3, 0.4) is 0 Å². The summed E-state index contributed by atoms with van der Waals surface area (Å²) in [5.41, 5.74) is 0. The van der Waals surface area contributed by atoms with Gasteiger partial charge in [0.2, 0.25) is 0 Å². The molecule has 0 aromatic heterocycles. The zero-order valence-electron chi connectivity index (χ0n) is 39.5. The van der Waals surface area contributed by atoms with Crippen molar-refractivity contribution in [1.82, 2.24) is 0 Å². The number of aliphatic hydroxyl groups excluding tert-OH is 6. The van der Waals surface area contributed by atoms with Crippen LogP contribution in [0.25, 0.3) is 0 Å². The summed E-state index contributed by atoms with van der Waals surface area (Å²) in [5, 5.41) is 67.1. The first-order chi connectivity index (χ1) is 32.2. The molecule has 1 heterocycles. The lowest BCUT2D eigenvalue weighted by Gasteiger charge is -2.36. The highest BCUT2D eigenvalue weighted by atomic mass is 31.2. The molecule has 1 aliphatic heterocycles. The van der Waals surface area contributed by atoms with Gasteiger partial charge in [-0.3, -0.25) is 23.4 Å². The normalized spacial score (nSPS) is 30.6. The van der Waals surface area contributed by atoms with Crippen LogP contribution in [0.2, 0.25) is 0 Å². The quantitative estimate of drug-likeness (QED) is 0.0241. The number of hydrogen-bond acceptors (Lipinski definition) is 14. The van der Waals surface area contributed by atoms with E-state index in [1.54, 1.807) is 18.2 Å². The van der Waals surface area contributed by atoms with Gasteiger partial charge in [-0.2, -0.15) is 0 Å². The highest BCUT2D eigenvalue weighted by Gasteiger charge is 2.47. The summed E-state index contributed by atoms with van der Waals surface area (Å²) in [6.07, 6.45) is 25.0. The topological polar surface area (TPSA) is 247 Å². The third-order valence-electron chi connectivity index (χ3n) is 11.2. The number of fused-ring (bicyclic) bond motifs is 4. The van der Waals surface area contributed by atoms with Crippen LogP contribution in [-0.4, -0.2) is 115 Å². The molecule has 15 nitrogen and oxygen atoms in total. The van der Waals surface area contributed by atoms with E-state index in [1.165, 1.54) is 37.5 Å². The maximum absolute atomic E-state index is 13.6. The van der Waals surface area contributed by atoms with Crippen LogP contribution in [0.4, 0.5) is 0 Å². The van der Waals surface area contributed by atoms with E-state index in [-0.39, 0.29) is 19.3 Å². The van der Waals surface area contributed by atoms with Crippen LogP contribution < -0.4 is 0 Å². The van der Waals surface area contributed by atoms with Crippen LogP contribution in [0.1, 0.15) is 129 Å². The van der Waals surface area contributed by atoms with Gasteiger partial charge < -0.3 is 45.0 Å². The summed E-state index contributed by atoms with van der Waals surface area (Å²) >= 11 is 0. The number of ketones is 1. The molecule has 1 aliphatic carbocycles. The lowest BCUT2D eigenvalue weighted by atomic mass is 9.87. The second-order valence-electron chi connectivity index (χ2n) is 16.9. The number of carbonyl (C=O) groups is 3.